The fourth-order valence-electron chi connectivity index (χ4n) is 0. The molecule has 7 heteroatoms. The monoisotopic (exact) mass is 154 g/mol. The molecule has 0 aliphatic heterocycles. The first-order valence-electron chi connectivity index (χ1n) is 0.601. The molecule has 6 N–H and O–H groups in total. The Labute approximate surface area is 73.4 Å². The molecule has 0 aromatic rings. The van der Waals surface area contributed by atoms with E-state index in [4.69, 9.17) is 13.9 Å². The van der Waals surface area contributed by atoms with Gasteiger partial charge in [0.2, 0.25) is 0 Å². The van der Waals surface area contributed by atoms with Gasteiger partial charge in [0.1, 0.15) is 0 Å². The van der Waals surface area contributed by atoms with Gasteiger partial charge in [-0.15, -0.1) is 0 Å². The zero-order valence-corrected chi connectivity index (χ0v) is 7.10. The van der Waals surface area contributed by atoms with E-state index in [1.807, 2.05) is 0 Å². The molecule has 0 radical (unpaired) electrons. The van der Waals surface area contributed by atoms with E-state index in [9.17, 15) is 0 Å². The van der Waals surface area contributed by atoms with Gasteiger partial charge in [0.15, 0.2) is 12.3 Å². The molecular weight excluding hydrogens is 147 g/mol. The van der Waals surface area contributed by atoms with E-state index in [0.29, 0.717) is 0 Å². The van der Waals surface area contributed by atoms with Gasteiger partial charge >= 0.3 is 29.6 Å². The van der Waals surface area contributed by atoms with Crippen LogP contribution in [0, 0.1) is 0 Å². The van der Waals surface area contributed by atoms with E-state index >= 15 is 0 Å². The number of carbonyl (C=O) groups excluding carboxylic acids is 1. The summed E-state index contributed by atoms with van der Waals surface area (Å²) in [5.74, 6) is 0. The van der Waals surface area contributed by atoms with Gasteiger partial charge in [0.25, 0.3) is 0 Å². The predicted octanol–water partition coefficient (Wildman–Crippen LogP) is -4.25. The van der Waals surface area contributed by atoms with Gasteiger partial charge in [0, 0.05) is 0 Å². The van der Waals surface area contributed by atoms with Crippen LogP contribution < -0.4 is 29.6 Å². The fourth-order valence-corrected chi connectivity index (χ4v) is 0. The van der Waals surface area contributed by atoms with Crippen molar-refractivity contribution in [3.8, 4) is 0 Å². The molecule has 48 valence electrons. The Morgan fingerprint density at radius 3 is 1.12 bits per heavy atom. The van der Waals surface area contributed by atoms with Crippen molar-refractivity contribution < 1.29 is 54.4 Å². The summed E-state index contributed by atoms with van der Waals surface area (Å²) in [7, 11) is 0. The molecule has 0 aromatic carbocycles. The second-order valence-electron chi connectivity index (χ2n) is 0.0816. The van der Waals surface area contributed by atoms with Gasteiger partial charge in [-0.05, 0) is 0 Å². The van der Waals surface area contributed by atoms with Crippen LogP contribution in [0.4, 0.5) is 0 Å². The average Bonchev–Trinajstić information content (AvgIpc) is 1.46. The minimum atomic E-state index is -0.250. The third kappa shape index (κ3) is 319. The van der Waals surface area contributed by atoms with Gasteiger partial charge in [-0.25, -0.2) is 0 Å². The maximum absolute atomic E-state index is 7.75. The van der Waals surface area contributed by atoms with Crippen molar-refractivity contribution in [2.75, 3.05) is 0 Å². The number of hydrogen-bond acceptors (Lipinski definition) is 4. The average molecular weight is 154 g/mol. The first-order valence-corrected chi connectivity index (χ1v) is 1.33. The molecule has 0 aliphatic rings. The van der Waals surface area contributed by atoms with Gasteiger partial charge in [-0.1, -0.05) is 0 Å². The Kier molecular flexibility index (Phi) is 491. The van der Waals surface area contributed by atoms with Gasteiger partial charge < -0.3 is 24.9 Å². The van der Waals surface area contributed by atoms with Crippen LogP contribution in [0.25, 0.3) is 0 Å². The van der Waals surface area contributed by atoms with E-state index < -0.39 is 0 Å². The standard InChI is InChI=1S/CHO.Na.H2O2S.2H2O/c1-2;;1-3-2;;/h1H;;1-2H;2*1H2/q-1;+1;;;. The van der Waals surface area contributed by atoms with E-state index in [-0.39, 0.29) is 52.8 Å². The molecule has 0 rings (SSSR count). The van der Waals surface area contributed by atoms with Crippen molar-refractivity contribution in [3.63, 3.8) is 0 Å². The maximum atomic E-state index is 7.75. The minimum absolute atomic E-state index is 0. The summed E-state index contributed by atoms with van der Waals surface area (Å²) in [6, 6.07) is 0. The van der Waals surface area contributed by atoms with Crippen LogP contribution in [-0.4, -0.2) is 26.8 Å². The van der Waals surface area contributed by atoms with Crippen LogP contribution in [-0.2, 0) is 4.79 Å². The molecule has 0 amide bonds. The summed E-state index contributed by atoms with van der Waals surface area (Å²) in [5, 5.41) is 0. The Hall–Kier alpha value is 0.860. The third-order valence-corrected chi connectivity index (χ3v) is 0. The molecule has 5 nitrogen and oxygen atoms in total. The molecule has 0 fully saturated rings. The predicted molar refractivity (Wildman–Crippen MR) is 26.8 cm³/mol. The molecule has 0 aliphatic carbocycles. The van der Waals surface area contributed by atoms with E-state index in [2.05, 4.69) is 6.79 Å². The van der Waals surface area contributed by atoms with Gasteiger partial charge in [0.05, 0.1) is 0 Å². The first kappa shape index (κ1) is 36.7. The first-order chi connectivity index (χ1) is 2.41. The molecule has 0 heterocycles. The molecule has 0 bridgehead atoms. The van der Waals surface area contributed by atoms with Crippen molar-refractivity contribution in [1.29, 1.82) is 0 Å². The third-order valence-electron chi connectivity index (χ3n) is 0. The Morgan fingerprint density at radius 2 is 1.12 bits per heavy atom. The summed E-state index contributed by atoms with van der Waals surface area (Å²) in [6.07, 6.45) is 0. The molecule has 0 spiro atoms. The van der Waals surface area contributed by atoms with Crippen molar-refractivity contribution >= 4 is 19.1 Å². The molecule has 0 saturated carbocycles. The van der Waals surface area contributed by atoms with Crippen molar-refractivity contribution in [1.82, 2.24) is 0 Å². The largest absolute Gasteiger partial charge is 1.00 e. The molecule has 0 aromatic heterocycles. The summed E-state index contributed by atoms with van der Waals surface area (Å²) >= 11 is -0.250. The molecule has 0 atom stereocenters. The Balaban J connectivity index is -0.00000000567. The molecule has 0 saturated heterocycles. The summed E-state index contributed by atoms with van der Waals surface area (Å²) < 4.78 is 14.1. The Bertz CT molecular complexity index is 16.4. The summed E-state index contributed by atoms with van der Waals surface area (Å²) in [4.78, 5) is 7.75. The Morgan fingerprint density at radius 1 is 1.12 bits per heavy atom. The number of rotatable bonds is 0. The molecule has 0 unspecified atom stereocenters. The fraction of sp³-hybridized carbons (Fsp3) is 0. The van der Waals surface area contributed by atoms with E-state index in [1.165, 1.54) is 0 Å². The zero-order chi connectivity index (χ0) is 4.71. The topological polar surface area (TPSA) is 121 Å². The van der Waals surface area contributed by atoms with Crippen molar-refractivity contribution in [3.05, 3.63) is 0 Å². The number of hydrogen-bond donors (Lipinski definition) is 2. The second kappa shape index (κ2) is 107. The van der Waals surface area contributed by atoms with Crippen LogP contribution >= 0.6 is 12.3 Å². The second-order valence-corrected chi connectivity index (χ2v) is 0.245. The van der Waals surface area contributed by atoms with Crippen molar-refractivity contribution in [2.45, 2.75) is 0 Å². The van der Waals surface area contributed by atoms with Gasteiger partial charge in [-0.2, -0.15) is 0 Å². The minimum Gasteiger partial charge on any atom is -0.545 e. The normalized spacial score (nSPS) is 2.75. The van der Waals surface area contributed by atoms with Crippen LogP contribution in [0.1, 0.15) is 0 Å². The van der Waals surface area contributed by atoms with Crippen LogP contribution in [0.3, 0.4) is 0 Å². The van der Waals surface area contributed by atoms with Crippen LogP contribution in [0.5, 0.6) is 0 Å². The summed E-state index contributed by atoms with van der Waals surface area (Å²) in [6.45, 7) is 3.25. The van der Waals surface area contributed by atoms with E-state index in [1.54, 1.807) is 0 Å². The quantitative estimate of drug-likeness (QED) is 0.159. The van der Waals surface area contributed by atoms with E-state index in [0.717, 1.165) is 0 Å². The smallest absolute Gasteiger partial charge is 0.545 e. The van der Waals surface area contributed by atoms with Gasteiger partial charge in [-0.3, -0.25) is 6.79 Å². The van der Waals surface area contributed by atoms with Crippen molar-refractivity contribution in [2.24, 2.45) is 0 Å². The summed E-state index contributed by atoms with van der Waals surface area (Å²) in [5.41, 5.74) is 0. The molecular formula is CH7NaO5S. The SMILES string of the molecule is O.O.OSO.[CH-]=O.[Na+]. The zero-order valence-electron chi connectivity index (χ0n) is 4.29. The van der Waals surface area contributed by atoms with Crippen LogP contribution in [0.2, 0.25) is 0 Å². The van der Waals surface area contributed by atoms with Crippen LogP contribution in [0.15, 0.2) is 0 Å². The molecule has 8 heavy (non-hydrogen) atoms. The maximum Gasteiger partial charge on any atom is 1.00 e.